The van der Waals surface area contributed by atoms with Gasteiger partial charge in [0.25, 0.3) is 5.91 Å². The van der Waals surface area contributed by atoms with E-state index in [-0.39, 0.29) is 11.3 Å². The minimum absolute atomic E-state index is 0.188. The summed E-state index contributed by atoms with van der Waals surface area (Å²) in [6.07, 6.45) is 0. The lowest BCUT2D eigenvalue weighted by atomic mass is 10.2. The third-order valence-electron chi connectivity index (χ3n) is 3.65. The van der Waals surface area contributed by atoms with Crippen LogP contribution in [0.3, 0.4) is 0 Å². The fourth-order valence-corrected chi connectivity index (χ4v) is 2.26. The molecule has 1 amide bonds. The van der Waals surface area contributed by atoms with Crippen molar-refractivity contribution in [2.75, 3.05) is 40.4 Å². The molecule has 8 nitrogen and oxygen atoms in total. The lowest BCUT2D eigenvalue weighted by Gasteiger charge is -2.12. The third-order valence-corrected chi connectivity index (χ3v) is 3.65. The molecule has 0 aliphatic carbocycles. The molecular formula is C19H21NO7. The summed E-state index contributed by atoms with van der Waals surface area (Å²) in [7, 11) is 5.93. The fraction of sp³-hybridized carbons (Fsp3) is 0.263. The average Bonchev–Trinajstić information content (AvgIpc) is 2.71. The van der Waals surface area contributed by atoms with Crippen molar-refractivity contribution in [2.24, 2.45) is 0 Å². The molecule has 2 aromatic rings. The summed E-state index contributed by atoms with van der Waals surface area (Å²) in [6.45, 7) is -0.469. The van der Waals surface area contributed by atoms with Gasteiger partial charge in [-0.2, -0.15) is 0 Å². The summed E-state index contributed by atoms with van der Waals surface area (Å²) in [4.78, 5) is 24.3. The molecule has 0 aromatic heterocycles. The first-order chi connectivity index (χ1) is 13.0. The molecule has 0 saturated heterocycles. The Hall–Kier alpha value is -3.42. The Morgan fingerprint density at radius 1 is 0.815 bits per heavy atom. The zero-order chi connectivity index (χ0) is 19.8. The summed E-state index contributed by atoms with van der Waals surface area (Å²) < 4.78 is 25.6. The monoisotopic (exact) mass is 375 g/mol. The highest BCUT2D eigenvalue weighted by atomic mass is 16.5. The maximum atomic E-state index is 12.2. The maximum absolute atomic E-state index is 12.2. The smallest absolute Gasteiger partial charge is 0.342 e. The predicted octanol–water partition coefficient (Wildman–Crippen LogP) is 2.52. The van der Waals surface area contributed by atoms with Crippen molar-refractivity contribution in [3.05, 3.63) is 42.0 Å². The highest BCUT2D eigenvalue weighted by Gasteiger charge is 2.17. The van der Waals surface area contributed by atoms with E-state index < -0.39 is 18.5 Å². The molecule has 0 spiro atoms. The van der Waals surface area contributed by atoms with Crippen molar-refractivity contribution in [3.8, 4) is 23.0 Å². The van der Waals surface area contributed by atoms with Crippen LogP contribution in [-0.2, 0) is 9.53 Å². The Morgan fingerprint density at radius 3 is 2.00 bits per heavy atom. The lowest BCUT2D eigenvalue weighted by Crippen LogP contribution is -2.21. The van der Waals surface area contributed by atoms with E-state index in [0.717, 1.165) is 0 Å². The van der Waals surface area contributed by atoms with Gasteiger partial charge >= 0.3 is 5.97 Å². The number of methoxy groups -OCH3 is 4. The molecular weight excluding hydrogens is 354 g/mol. The van der Waals surface area contributed by atoms with E-state index in [1.807, 2.05) is 0 Å². The zero-order valence-corrected chi connectivity index (χ0v) is 15.5. The largest absolute Gasteiger partial charge is 0.497 e. The summed E-state index contributed by atoms with van der Waals surface area (Å²) in [5.41, 5.74) is 0.620. The number of carbonyl (C=O) groups excluding carboxylic acids is 2. The lowest BCUT2D eigenvalue weighted by molar-refractivity contribution is -0.119. The molecule has 0 atom stereocenters. The molecule has 0 saturated carbocycles. The Morgan fingerprint density at radius 2 is 1.41 bits per heavy atom. The van der Waals surface area contributed by atoms with E-state index in [1.54, 1.807) is 30.3 Å². The standard InChI is InChI=1S/C19H21NO7/c1-23-12-5-7-14(16(9-12)25-3)19(22)27-11-18(21)20-15-8-6-13(24-2)10-17(15)26-4/h5-10H,11H2,1-4H3,(H,20,21). The molecule has 2 aromatic carbocycles. The number of carbonyl (C=O) groups is 2. The summed E-state index contributed by atoms with van der Waals surface area (Å²) in [5.74, 6) is 0.628. The van der Waals surface area contributed by atoms with Gasteiger partial charge in [0.15, 0.2) is 6.61 Å². The summed E-state index contributed by atoms with van der Waals surface area (Å²) in [5, 5.41) is 2.62. The molecule has 144 valence electrons. The van der Waals surface area contributed by atoms with E-state index in [1.165, 1.54) is 34.5 Å². The molecule has 0 heterocycles. The van der Waals surface area contributed by atoms with Crippen LogP contribution in [0.4, 0.5) is 5.69 Å². The quantitative estimate of drug-likeness (QED) is 0.709. The molecule has 0 radical (unpaired) electrons. The van der Waals surface area contributed by atoms with Gasteiger partial charge in [-0.25, -0.2) is 4.79 Å². The van der Waals surface area contributed by atoms with Crippen molar-refractivity contribution < 1.29 is 33.3 Å². The van der Waals surface area contributed by atoms with Gasteiger partial charge in [-0.05, 0) is 24.3 Å². The number of esters is 1. The van der Waals surface area contributed by atoms with Crippen LogP contribution >= 0.6 is 0 Å². The molecule has 8 heteroatoms. The van der Waals surface area contributed by atoms with Gasteiger partial charge in [0, 0.05) is 12.1 Å². The van der Waals surface area contributed by atoms with Gasteiger partial charge in [-0.15, -0.1) is 0 Å². The van der Waals surface area contributed by atoms with Gasteiger partial charge in [0.05, 0.1) is 34.1 Å². The van der Waals surface area contributed by atoms with Gasteiger partial charge in [0.2, 0.25) is 0 Å². The fourth-order valence-electron chi connectivity index (χ4n) is 2.26. The van der Waals surface area contributed by atoms with Gasteiger partial charge in [-0.3, -0.25) is 4.79 Å². The number of anilines is 1. The number of nitrogens with one attached hydrogen (secondary N) is 1. The van der Waals surface area contributed by atoms with Crippen LogP contribution in [0.25, 0.3) is 0 Å². The highest BCUT2D eigenvalue weighted by Crippen LogP contribution is 2.29. The van der Waals surface area contributed by atoms with E-state index in [4.69, 9.17) is 23.7 Å². The second-order valence-corrected chi connectivity index (χ2v) is 5.26. The average molecular weight is 375 g/mol. The van der Waals surface area contributed by atoms with E-state index in [0.29, 0.717) is 22.9 Å². The van der Waals surface area contributed by atoms with Crippen molar-refractivity contribution in [3.63, 3.8) is 0 Å². The first-order valence-corrected chi connectivity index (χ1v) is 7.93. The van der Waals surface area contributed by atoms with Crippen LogP contribution < -0.4 is 24.3 Å². The number of benzene rings is 2. The second kappa shape index (κ2) is 9.33. The van der Waals surface area contributed by atoms with Gasteiger partial charge in [-0.1, -0.05) is 0 Å². The summed E-state index contributed by atoms with van der Waals surface area (Å²) >= 11 is 0. The van der Waals surface area contributed by atoms with Crippen LogP contribution in [0.5, 0.6) is 23.0 Å². The molecule has 0 unspecified atom stereocenters. The molecule has 27 heavy (non-hydrogen) atoms. The molecule has 0 aliphatic rings. The summed E-state index contributed by atoms with van der Waals surface area (Å²) in [6, 6.07) is 9.59. The van der Waals surface area contributed by atoms with E-state index in [2.05, 4.69) is 5.32 Å². The molecule has 0 aliphatic heterocycles. The zero-order valence-electron chi connectivity index (χ0n) is 15.5. The number of rotatable bonds is 8. The first kappa shape index (κ1) is 19.9. The predicted molar refractivity (Wildman–Crippen MR) is 98.0 cm³/mol. The molecule has 2 rings (SSSR count). The van der Waals surface area contributed by atoms with Crippen molar-refractivity contribution in [2.45, 2.75) is 0 Å². The molecule has 1 N–H and O–H groups in total. The van der Waals surface area contributed by atoms with Crippen LogP contribution in [0, 0.1) is 0 Å². The van der Waals surface area contributed by atoms with Crippen LogP contribution in [0.1, 0.15) is 10.4 Å². The van der Waals surface area contributed by atoms with Gasteiger partial charge in [0.1, 0.15) is 28.6 Å². The Balaban J connectivity index is 2.00. The van der Waals surface area contributed by atoms with Crippen LogP contribution in [0.15, 0.2) is 36.4 Å². The number of hydrogen-bond acceptors (Lipinski definition) is 7. The van der Waals surface area contributed by atoms with Crippen LogP contribution in [-0.4, -0.2) is 46.9 Å². The first-order valence-electron chi connectivity index (χ1n) is 7.93. The highest BCUT2D eigenvalue weighted by molar-refractivity contribution is 5.97. The van der Waals surface area contributed by atoms with Crippen molar-refractivity contribution >= 4 is 17.6 Å². The Bertz CT molecular complexity index is 820. The second-order valence-electron chi connectivity index (χ2n) is 5.26. The Labute approximate surface area is 156 Å². The number of ether oxygens (including phenoxy) is 5. The third kappa shape index (κ3) is 5.04. The minimum Gasteiger partial charge on any atom is -0.497 e. The van der Waals surface area contributed by atoms with E-state index in [9.17, 15) is 9.59 Å². The number of amides is 1. The SMILES string of the molecule is COc1ccc(NC(=O)COC(=O)c2ccc(OC)cc2OC)c(OC)c1. The number of hydrogen-bond donors (Lipinski definition) is 1. The molecule has 0 bridgehead atoms. The Kier molecular flexibility index (Phi) is 6.87. The topological polar surface area (TPSA) is 92.3 Å². The van der Waals surface area contributed by atoms with Gasteiger partial charge < -0.3 is 29.0 Å². The minimum atomic E-state index is -0.689. The molecule has 0 fully saturated rings. The van der Waals surface area contributed by atoms with E-state index >= 15 is 0 Å². The van der Waals surface area contributed by atoms with Crippen LogP contribution in [0.2, 0.25) is 0 Å². The maximum Gasteiger partial charge on any atom is 0.342 e. The van der Waals surface area contributed by atoms with Crippen molar-refractivity contribution in [1.29, 1.82) is 0 Å². The van der Waals surface area contributed by atoms with Crippen molar-refractivity contribution in [1.82, 2.24) is 0 Å². The normalized spacial score (nSPS) is 9.93.